The second kappa shape index (κ2) is 6.18. The Bertz CT molecular complexity index is 625. The Hall–Kier alpha value is -1.68. The lowest BCUT2D eigenvalue weighted by Gasteiger charge is -2.18. The van der Waals surface area contributed by atoms with Crippen molar-refractivity contribution in [3.05, 3.63) is 40.7 Å². The van der Waals surface area contributed by atoms with Crippen LogP contribution in [0.1, 0.15) is 27.2 Å². The van der Waals surface area contributed by atoms with Gasteiger partial charge in [0.05, 0.1) is 18.3 Å². The minimum Gasteiger partial charge on any atom is -0.315 e. The average Bonchev–Trinajstić information content (AvgIpc) is 2.40. The first-order chi connectivity index (χ1) is 9.47. The van der Waals surface area contributed by atoms with Crippen molar-refractivity contribution in [3.8, 4) is 0 Å². The molecule has 0 fully saturated rings. The van der Waals surface area contributed by atoms with E-state index in [1.165, 1.54) is 6.20 Å². The highest BCUT2D eigenvalue weighted by molar-refractivity contribution is 5.77. The summed E-state index contributed by atoms with van der Waals surface area (Å²) in [7, 11) is 0. The SMILES string of the molecule is CC(C)(C)CCNCCn1ncc(=O)c2ccccc21. The minimum absolute atomic E-state index is 0.0162. The molecule has 1 aromatic heterocycles. The topological polar surface area (TPSA) is 46.9 Å². The van der Waals surface area contributed by atoms with Crippen LogP contribution in [-0.4, -0.2) is 22.9 Å². The lowest BCUT2D eigenvalue weighted by Crippen LogP contribution is -2.25. The van der Waals surface area contributed by atoms with E-state index in [4.69, 9.17) is 0 Å². The summed E-state index contributed by atoms with van der Waals surface area (Å²) < 4.78 is 1.89. The summed E-state index contributed by atoms with van der Waals surface area (Å²) in [5.74, 6) is 0. The van der Waals surface area contributed by atoms with E-state index in [1.54, 1.807) is 0 Å². The zero-order valence-electron chi connectivity index (χ0n) is 12.5. The molecule has 0 radical (unpaired) electrons. The van der Waals surface area contributed by atoms with Gasteiger partial charge in [0.2, 0.25) is 5.43 Å². The van der Waals surface area contributed by atoms with Gasteiger partial charge in [-0.1, -0.05) is 32.9 Å². The third kappa shape index (κ3) is 3.90. The molecule has 0 aliphatic carbocycles. The quantitative estimate of drug-likeness (QED) is 0.851. The van der Waals surface area contributed by atoms with Gasteiger partial charge in [0.25, 0.3) is 0 Å². The summed E-state index contributed by atoms with van der Waals surface area (Å²) in [6.45, 7) is 9.35. The molecule has 108 valence electrons. The normalized spacial score (nSPS) is 11.9. The van der Waals surface area contributed by atoms with Crippen molar-refractivity contribution in [2.75, 3.05) is 13.1 Å². The van der Waals surface area contributed by atoms with Crippen molar-refractivity contribution in [1.82, 2.24) is 15.1 Å². The van der Waals surface area contributed by atoms with Gasteiger partial charge in [0.15, 0.2) is 0 Å². The van der Waals surface area contributed by atoms with Crippen molar-refractivity contribution in [2.45, 2.75) is 33.7 Å². The standard InChI is InChI=1S/C16H23N3O/c1-16(2,3)8-9-17-10-11-19-14-7-5-4-6-13(14)15(20)12-18-19/h4-7,12,17H,8-11H2,1-3H3. The van der Waals surface area contributed by atoms with Crippen LogP contribution in [0.5, 0.6) is 0 Å². The molecule has 1 N–H and O–H groups in total. The Labute approximate surface area is 119 Å². The summed E-state index contributed by atoms with van der Waals surface area (Å²) in [5.41, 5.74) is 1.24. The monoisotopic (exact) mass is 273 g/mol. The van der Waals surface area contributed by atoms with Crippen LogP contribution in [0.3, 0.4) is 0 Å². The molecular formula is C16H23N3O. The van der Waals surface area contributed by atoms with Crippen LogP contribution in [0, 0.1) is 5.41 Å². The van der Waals surface area contributed by atoms with Crippen LogP contribution in [0.25, 0.3) is 10.9 Å². The van der Waals surface area contributed by atoms with Gasteiger partial charge in [0, 0.05) is 11.9 Å². The van der Waals surface area contributed by atoms with E-state index in [2.05, 4.69) is 31.2 Å². The van der Waals surface area contributed by atoms with Crippen LogP contribution in [0.2, 0.25) is 0 Å². The second-order valence-electron chi connectivity index (χ2n) is 6.31. The van der Waals surface area contributed by atoms with Crippen molar-refractivity contribution in [3.63, 3.8) is 0 Å². The smallest absolute Gasteiger partial charge is 0.207 e. The fraction of sp³-hybridized carbons (Fsp3) is 0.500. The van der Waals surface area contributed by atoms with Gasteiger partial charge in [-0.2, -0.15) is 5.10 Å². The zero-order chi connectivity index (χ0) is 14.6. The van der Waals surface area contributed by atoms with Crippen molar-refractivity contribution >= 4 is 10.9 Å². The molecule has 0 amide bonds. The van der Waals surface area contributed by atoms with Gasteiger partial charge in [0.1, 0.15) is 0 Å². The van der Waals surface area contributed by atoms with E-state index in [9.17, 15) is 4.79 Å². The molecule has 2 aromatic rings. The third-order valence-electron chi connectivity index (χ3n) is 3.31. The van der Waals surface area contributed by atoms with Gasteiger partial charge in [-0.15, -0.1) is 0 Å². The molecule has 1 heterocycles. The number of hydrogen-bond donors (Lipinski definition) is 1. The number of para-hydroxylation sites is 1. The van der Waals surface area contributed by atoms with E-state index in [0.717, 1.165) is 37.0 Å². The van der Waals surface area contributed by atoms with E-state index < -0.39 is 0 Å². The Balaban J connectivity index is 1.97. The molecule has 0 spiro atoms. The van der Waals surface area contributed by atoms with E-state index >= 15 is 0 Å². The largest absolute Gasteiger partial charge is 0.315 e. The van der Waals surface area contributed by atoms with Crippen LogP contribution >= 0.6 is 0 Å². The lowest BCUT2D eigenvalue weighted by molar-refractivity contribution is 0.364. The Kier molecular flexibility index (Phi) is 4.55. The summed E-state index contributed by atoms with van der Waals surface area (Å²) in [6, 6.07) is 7.62. The number of aromatic nitrogens is 2. The molecule has 0 saturated heterocycles. The highest BCUT2D eigenvalue weighted by atomic mass is 16.1. The molecule has 2 rings (SSSR count). The number of nitrogens with one attached hydrogen (secondary N) is 1. The molecule has 0 saturated carbocycles. The average molecular weight is 273 g/mol. The van der Waals surface area contributed by atoms with Crippen LogP contribution in [-0.2, 0) is 6.54 Å². The number of rotatable bonds is 5. The predicted molar refractivity (Wildman–Crippen MR) is 82.9 cm³/mol. The van der Waals surface area contributed by atoms with E-state index in [0.29, 0.717) is 5.41 Å². The molecule has 0 aliphatic heterocycles. The Morgan fingerprint density at radius 1 is 1.20 bits per heavy atom. The first-order valence-corrected chi connectivity index (χ1v) is 7.13. The highest BCUT2D eigenvalue weighted by Crippen LogP contribution is 2.16. The first kappa shape index (κ1) is 14.7. The molecule has 4 heteroatoms. The van der Waals surface area contributed by atoms with Crippen molar-refractivity contribution in [1.29, 1.82) is 0 Å². The Morgan fingerprint density at radius 2 is 1.95 bits per heavy atom. The summed E-state index contributed by atoms with van der Waals surface area (Å²) in [6.07, 6.45) is 2.54. The molecule has 0 unspecified atom stereocenters. The van der Waals surface area contributed by atoms with Gasteiger partial charge in [-0.3, -0.25) is 9.48 Å². The van der Waals surface area contributed by atoms with Crippen molar-refractivity contribution in [2.24, 2.45) is 5.41 Å². The summed E-state index contributed by atoms with van der Waals surface area (Å²) in [4.78, 5) is 11.7. The number of fused-ring (bicyclic) bond motifs is 1. The van der Waals surface area contributed by atoms with Crippen LogP contribution in [0.4, 0.5) is 0 Å². The summed E-state index contributed by atoms with van der Waals surface area (Å²) in [5, 5.41) is 8.38. The minimum atomic E-state index is -0.0162. The van der Waals surface area contributed by atoms with Crippen molar-refractivity contribution < 1.29 is 0 Å². The zero-order valence-corrected chi connectivity index (χ0v) is 12.5. The maximum absolute atomic E-state index is 11.7. The van der Waals surface area contributed by atoms with Gasteiger partial charge in [-0.05, 0) is 30.5 Å². The molecule has 4 nitrogen and oxygen atoms in total. The molecule has 20 heavy (non-hydrogen) atoms. The molecular weight excluding hydrogens is 250 g/mol. The molecule has 0 bridgehead atoms. The highest BCUT2D eigenvalue weighted by Gasteiger charge is 2.08. The second-order valence-corrected chi connectivity index (χ2v) is 6.31. The van der Waals surface area contributed by atoms with E-state index in [1.807, 2.05) is 28.9 Å². The maximum Gasteiger partial charge on any atom is 0.207 e. The molecule has 0 atom stereocenters. The predicted octanol–water partition coefficient (Wildman–Crippen LogP) is 2.42. The number of hydrogen-bond acceptors (Lipinski definition) is 3. The fourth-order valence-electron chi connectivity index (χ4n) is 2.11. The lowest BCUT2D eigenvalue weighted by atomic mass is 9.92. The van der Waals surface area contributed by atoms with Gasteiger partial charge in [-0.25, -0.2) is 0 Å². The summed E-state index contributed by atoms with van der Waals surface area (Å²) >= 11 is 0. The number of benzene rings is 1. The van der Waals surface area contributed by atoms with Gasteiger partial charge >= 0.3 is 0 Å². The van der Waals surface area contributed by atoms with Gasteiger partial charge < -0.3 is 5.32 Å². The number of nitrogens with zero attached hydrogens (tertiary/aromatic N) is 2. The first-order valence-electron chi connectivity index (χ1n) is 7.13. The Morgan fingerprint density at radius 3 is 2.70 bits per heavy atom. The molecule has 1 aromatic carbocycles. The van der Waals surface area contributed by atoms with Crippen LogP contribution in [0.15, 0.2) is 35.3 Å². The van der Waals surface area contributed by atoms with Crippen LogP contribution < -0.4 is 10.7 Å². The molecule has 0 aliphatic rings. The third-order valence-corrected chi connectivity index (χ3v) is 3.31. The maximum atomic E-state index is 11.7. The fourth-order valence-corrected chi connectivity index (χ4v) is 2.11. The van der Waals surface area contributed by atoms with E-state index in [-0.39, 0.29) is 5.43 Å².